The third kappa shape index (κ3) is 2.33. The Balaban J connectivity index is 2.22. The first-order valence-corrected chi connectivity index (χ1v) is 4.53. The summed E-state index contributed by atoms with van der Waals surface area (Å²) < 4.78 is 5.33. The van der Waals surface area contributed by atoms with Gasteiger partial charge in [-0.25, -0.2) is 9.78 Å². The van der Waals surface area contributed by atoms with Crippen molar-refractivity contribution in [2.24, 2.45) is 0 Å². The van der Waals surface area contributed by atoms with Crippen molar-refractivity contribution in [3.63, 3.8) is 0 Å². The van der Waals surface area contributed by atoms with Crippen molar-refractivity contribution in [1.82, 2.24) is 9.97 Å². The molecule has 1 heterocycles. The van der Waals surface area contributed by atoms with Crippen LogP contribution in [0.15, 0.2) is 42.9 Å². The van der Waals surface area contributed by atoms with E-state index in [1.165, 1.54) is 30.7 Å². The number of carboxylic acid groups (broad SMARTS) is 1. The van der Waals surface area contributed by atoms with Crippen LogP contribution in [0.25, 0.3) is 0 Å². The molecule has 2 rings (SSSR count). The molecule has 1 aromatic carbocycles. The molecule has 0 aliphatic rings. The van der Waals surface area contributed by atoms with Gasteiger partial charge in [0.1, 0.15) is 5.75 Å². The maximum Gasteiger partial charge on any atom is 0.335 e. The van der Waals surface area contributed by atoms with E-state index in [4.69, 9.17) is 9.84 Å². The quantitative estimate of drug-likeness (QED) is 0.849. The lowest BCUT2D eigenvalue weighted by Crippen LogP contribution is -1.96. The summed E-state index contributed by atoms with van der Waals surface area (Å²) in [4.78, 5) is 18.5. The summed E-state index contributed by atoms with van der Waals surface area (Å²) in [5.41, 5.74) is 0.168. The van der Waals surface area contributed by atoms with Crippen LogP contribution in [-0.4, -0.2) is 21.0 Å². The predicted octanol–water partition coefficient (Wildman–Crippen LogP) is 1.97. The Morgan fingerprint density at radius 3 is 2.88 bits per heavy atom. The highest BCUT2D eigenvalue weighted by molar-refractivity contribution is 5.88. The first-order valence-electron chi connectivity index (χ1n) is 4.53. The molecule has 0 bridgehead atoms. The van der Waals surface area contributed by atoms with Crippen molar-refractivity contribution in [3.8, 4) is 11.6 Å². The second-order valence-corrected chi connectivity index (χ2v) is 2.98. The van der Waals surface area contributed by atoms with Crippen LogP contribution in [0.5, 0.6) is 11.6 Å². The first kappa shape index (κ1) is 10.1. The topological polar surface area (TPSA) is 72.3 Å². The van der Waals surface area contributed by atoms with Gasteiger partial charge in [0.25, 0.3) is 0 Å². The average molecular weight is 216 g/mol. The zero-order chi connectivity index (χ0) is 11.4. The molecule has 0 amide bonds. The molecule has 0 saturated heterocycles. The van der Waals surface area contributed by atoms with Crippen LogP contribution in [-0.2, 0) is 0 Å². The minimum Gasteiger partial charge on any atom is -0.478 e. The first-order chi connectivity index (χ1) is 7.75. The lowest BCUT2D eigenvalue weighted by Gasteiger charge is -2.03. The number of aromatic nitrogens is 2. The number of carboxylic acids is 1. The molecule has 0 spiro atoms. The van der Waals surface area contributed by atoms with E-state index in [0.717, 1.165) is 0 Å². The molecule has 5 heteroatoms. The summed E-state index contributed by atoms with van der Waals surface area (Å²) >= 11 is 0. The normalized spacial score (nSPS) is 9.75. The van der Waals surface area contributed by atoms with E-state index in [0.29, 0.717) is 11.6 Å². The maximum atomic E-state index is 10.7. The van der Waals surface area contributed by atoms with Crippen LogP contribution in [0.1, 0.15) is 10.4 Å². The molecule has 0 aliphatic carbocycles. The second kappa shape index (κ2) is 4.39. The highest BCUT2D eigenvalue weighted by Crippen LogP contribution is 2.19. The fraction of sp³-hybridized carbons (Fsp3) is 0. The van der Waals surface area contributed by atoms with E-state index in [-0.39, 0.29) is 5.56 Å². The van der Waals surface area contributed by atoms with Crippen LogP contribution in [0, 0.1) is 0 Å². The summed E-state index contributed by atoms with van der Waals surface area (Å²) in [6, 6.07) is 6.18. The molecule has 16 heavy (non-hydrogen) atoms. The van der Waals surface area contributed by atoms with Gasteiger partial charge in [0.15, 0.2) is 0 Å². The van der Waals surface area contributed by atoms with Crippen molar-refractivity contribution >= 4 is 5.97 Å². The fourth-order valence-corrected chi connectivity index (χ4v) is 1.15. The van der Waals surface area contributed by atoms with Crippen LogP contribution in [0.2, 0.25) is 0 Å². The van der Waals surface area contributed by atoms with Crippen LogP contribution in [0.3, 0.4) is 0 Å². The number of ether oxygens (including phenoxy) is 1. The van der Waals surface area contributed by atoms with Crippen molar-refractivity contribution in [2.45, 2.75) is 0 Å². The standard InChI is InChI=1S/C11H8N2O3/c14-11(15)8-2-1-3-9(6-8)16-10-7-12-4-5-13-10/h1-7H,(H,14,15). The zero-order valence-corrected chi connectivity index (χ0v) is 8.20. The number of carbonyl (C=O) groups is 1. The molecule has 0 fully saturated rings. The lowest BCUT2D eigenvalue weighted by atomic mass is 10.2. The summed E-state index contributed by atoms with van der Waals surface area (Å²) in [5, 5.41) is 8.79. The van der Waals surface area contributed by atoms with Crippen LogP contribution in [0.4, 0.5) is 0 Å². The number of hydrogen-bond acceptors (Lipinski definition) is 4. The highest BCUT2D eigenvalue weighted by Gasteiger charge is 2.04. The van der Waals surface area contributed by atoms with E-state index in [2.05, 4.69) is 9.97 Å². The summed E-state index contributed by atoms with van der Waals surface area (Å²) in [5.74, 6) is -0.255. The van der Waals surface area contributed by atoms with Gasteiger partial charge in [0, 0.05) is 12.4 Å². The van der Waals surface area contributed by atoms with E-state index in [1.54, 1.807) is 12.1 Å². The highest BCUT2D eigenvalue weighted by atomic mass is 16.5. The Labute approximate surface area is 91.4 Å². The third-order valence-corrected chi connectivity index (χ3v) is 1.84. The number of rotatable bonds is 3. The fourth-order valence-electron chi connectivity index (χ4n) is 1.15. The Morgan fingerprint density at radius 1 is 1.31 bits per heavy atom. The number of nitrogens with zero attached hydrogens (tertiary/aromatic N) is 2. The minimum atomic E-state index is -0.996. The van der Waals surface area contributed by atoms with Gasteiger partial charge >= 0.3 is 5.97 Å². The van der Waals surface area contributed by atoms with Gasteiger partial charge in [-0.15, -0.1) is 0 Å². The van der Waals surface area contributed by atoms with Gasteiger partial charge in [-0.05, 0) is 18.2 Å². The predicted molar refractivity (Wildman–Crippen MR) is 55.5 cm³/mol. The molecule has 0 aliphatic heterocycles. The van der Waals surface area contributed by atoms with Gasteiger partial charge in [0.05, 0.1) is 11.8 Å². The molecule has 1 aromatic heterocycles. The van der Waals surface area contributed by atoms with Crippen LogP contribution < -0.4 is 4.74 Å². The second-order valence-electron chi connectivity index (χ2n) is 2.98. The van der Waals surface area contributed by atoms with E-state index >= 15 is 0 Å². The molecule has 5 nitrogen and oxygen atoms in total. The minimum absolute atomic E-state index is 0.168. The van der Waals surface area contributed by atoms with Gasteiger partial charge in [-0.2, -0.15) is 0 Å². The monoisotopic (exact) mass is 216 g/mol. The molecule has 80 valence electrons. The smallest absolute Gasteiger partial charge is 0.335 e. The van der Waals surface area contributed by atoms with Gasteiger partial charge in [0.2, 0.25) is 5.88 Å². The maximum absolute atomic E-state index is 10.7. The van der Waals surface area contributed by atoms with Gasteiger partial charge in [-0.1, -0.05) is 6.07 Å². The SMILES string of the molecule is O=C(O)c1cccc(Oc2cnccn2)c1. The Bertz CT molecular complexity index is 500. The number of benzene rings is 1. The van der Waals surface area contributed by atoms with Crippen molar-refractivity contribution in [3.05, 3.63) is 48.4 Å². The molecule has 0 atom stereocenters. The lowest BCUT2D eigenvalue weighted by molar-refractivity contribution is 0.0696. The molecule has 0 unspecified atom stereocenters. The van der Waals surface area contributed by atoms with E-state index < -0.39 is 5.97 Å². The van der Waals surface area contributed by atoms with Crippen molar-refractivity contribution < 1.29 is 14.6 Å². The molecular weight excluding hydrogens is 208 g/mol. The molecule has 0 saturated carbocycles. The van der Waals surface area contributed by atoms with E-state index in [1.807, 2.05) is 0 Å². The van der Waals surface area contributed by atoms with Gasteiger partial charge in [-0.3, -0.25) is 4.98 Å². The summed E-state index contributed by atoms with van der Waals surface area (Å²) in [7, 11) is 0. The van der Waals surface area contributed by atoms with Gasteiger partial charge < -0.3 is 9.84 Å². The van der Waals surface area contributed by atoms with Crippen molar-refractivity contribution in [1.29, 1.82) is 0 Å². The molecule has 2 aromatic rings. The number of aromatic carboxylic acids is 1. The Hall–Kier alpha value is -2.43. The Morgan fingerprint density at radius 2 is 2.19 bits per heavy atom. The third-order valence-electron chi connectivity index (χ3n) is 1.84. The molecule has 0 radical (unpaired) electrons. The average Bonchev–Trinajstić information content (AvgIpc) is 2.30. The Kier molecular flexibility index (Phi) is 2.77. The molecule has 1 N–H and O–H groups in total. The molecular formula is C11H8N2O3. The van der Waals surface area contributed by atoms with E-state index in [9.17, 15) is 4.79 Å². The van der Waals surface area contributed by atoms with Crippen molar-refractivity contribution in [2.75, 3.05) is 0 Å². The summed E-state index contributed by atoms with van der Waals surface area (Å²) in [6.45, 7) is 0. The largest absolute Gasteiger partial charge is 0.478 e. The van der Waals surface area contributed by atoms with Crippen LogP contribution >= 0.6 is 0 Å². The summed E-state index contributed by atoms with van der Waals surface area (Å²) in [6.07, 6.45) is 4.48. The number of hydrogen-bond donors (Lipinski definition) is 1. The zero-order valence-electron chi connectivity index (χ0n) is 8.20.